The molecule has 0 aliphatic rings. The minimum Gasteiger partial charge on any atom is -0.496 e. The van der Waals surface area contributed by atoms with E-state index in [0.717, 1.165) is 5.69 Å². The molecule has 8 heteroatoms. The predicted molar refractivity (Wildman–Crippen MR) is 100 cm³/mol. The Bertz CT molecular complexity index is 893. The number of aryl methyl sites for hydroxylation is 1. The molecule has 0 bridgehead atoms. The van der Waals surface area contributed by atoms with Crippen molar-refractivity contribution in [2.24, 2.45) is 0 Å². The van der Waals surface area contributed by atoms with Gasteiger partial charge in [0.05, 0.1) is 17.6 Å². The lowest BCUT2D eigenvalue weighted by Crippen LogP contribution is -2.30. The molecule has 2 aromatic rings. The van der Waals surface area contributed by atoms with Gasteiger partial charge in [-0.25, -0.2) is 13.4 Å². The highest BCUT2D eigenvalue weighted by atomic mass is 32.2. The standard InChI is InChI=1S/C18H23N3O4S/c1-5-21(6-2)26(23,24)14-10-11-16(25-4)15(12-14)18(22)20-17-9-7-8-13(3)19-17/h7-12H,5-6H2,1-4H3,(H,19,20,22). The number of amides is 1. The van der Waals surface area contributed by atoms with E-state index < -0.39 is 15.9 Å². The van der Waals surface area contributed by atoms with Crippen LogP contribution in [0.15, 0.2) is 41.3 Å². The highest BCUT2D eigenvalue weighted by molar-refractivity contribution is 7.89. The van der Waals surface area contributed by atoms with Crippen molar-refractivity contribution in [1.29, 1.82) is 0 Å². The summed E-state index contributed by atoms with van der Waals surface area (Å²) in [6.45, 7) is 6.04. The molecular weight excluding hydrogens is 354 g/mol. The van der Waals surface area contributed by atoms with Gasteiger partial charge in [-0.2, -0.15) is 4.31 Å². The molecule has 0 radical (unpaired) electrons. The minimum atomic E-state index is -3.68. The van der Waals surface area contributed by atoms with Crippen LogP contribution in [-0.2, 0) is 10.0 Å². The van der Waals surface area contributed by atoms with Crippen LogP contribution in [0.5, 0.6) is 5.75 Å². The number of benzene rings is 1. The van der Waals surface area contributed by atoms with E-state index in [2.05, 4.69) is 10.3 Å². The molecule has 26 heavy (non-hydrogen) atoms. The monoisotopic (exact) mass is 377 g/mol. The van der Waals surface area contributed by atoms with Gasteiger partial charge in [-0.3, -0.25) is 4.79 Å². The first-order chi connectivity index (χ1) is 12.3. The Kier molecular flexibility index (Phi) is 6.33. The van der Waals surface area contributed by atoms with E-state index in [9.17, 15) is 13.2 Å². The second-order valence-electron chi connectivity index (χ2n) is 5.57. The van der Waals surface area contributed by atoms with Gasteiger partial charge in [0, 0.05) is 18.8 Å². The fourth-order valence-electron chi connectivity index (χ4n) is 2.53. The second-order valence-corrected chi connectivity index (χ2v) is 7.51. The second kappa shape index (κ2) is 8.29. The van der Waals surface area contributed by atoms with Crippen LogP contribution >= 0.6 is 0 Å². The van der Waals surface area contributed by atoms with E-state index in [-0.39, 0.29) is 16.2 Å². The van der Waals surface area contributed by atoms with E-state index in [1.54, 1.807) is 26.0 Å². The maximum Gasteiger partial charge on any atom is 0.260 e. The number of pyridine rings is 1. The molecule has 0 aliphatic heterocycles. The lowest BCUT2D eigenvalue weighted by atomic mass is 10.2. The van der Waals surface area contributed by atoms with E-state index in [0.29, 0.717) is 18.9 Å². The number of rotatable bonds is 7. The number of sulfonamides is 1. The topological polar surface area (TPSA) is 88.6 Å². The number of hydrogen-bond acceptors (Lipinski definition) is 5. The molecule has 0 saturated heterocycles. The van der Waals surface area contributed by atoms with Crippen LogP contribution in [0.4, 0.5) is 5.82 Å². The zero-order chi connectivity index (χ0) is 19.3. The number of methoxy groups -OCH3 is 1. The molecule has 1 aromatic heterocycles. The molecule has 7 nitrogen and oxygen atoms in total. The summed E-state index contributed by atoms with van der Waals surface area (Å²) in [6.07, 6.45) is 0. The summed E-state index contributed by atoms with van der Waals surface area (Å²) in [4.78, 5) is 16.9. The fraction of sp³-hybridized carbons (Fsp3) is 0.333. The van der Waals surface area contributed by atoms with Gasteiger partial charge in [0.2, 0.25) is 10.0 Å². The van der Waals surface area contributed by atoms with Gasteiger partial charge in [-0.05, 0) is 37.3 Å². The minimum absolute atomic E-state index is 0.0457. The van der Waals surface area contributed by atoms with Gasteiger partial charge in [-0.1, -0.05) is 19.9 Å². The van der Waals surface area contributed by atoms with Gasteiger partial charge in [-0.15, -0.1) is 0 Å². The van der Waals surface area contributed by atoms with E-state index >= 15 is 0 Å². The summed E-state index contributed by atoms with van der Waals surface area (Å²) in [6, 6.07) is 9.50. The Balaban J connectivity index is 2.42. The average Bonchev–Trinajstić information content (AvgIpc) is 2.61. The number of carbonyl (C=O) groups is 1. The normalized spacial score (nSPS) is 11.4. The quantitative estimate of drug-likeness (QED) is 0.801. The van der Waals surface area contributed by atoms with Crippen molar-refractivity contribution >= 4 is 21.7 Å². The third kappa shape index (κ3) is 4.20. The highest BCUT2D eigenvalue weighted by Gasteiger charge is 2.24. The van der Waals surface area contributed by atoms with E-state index in [1.165, 1.54) is 29.6 Å². The van der Waals surface area contributed by atoms with Crippen LogP contribution in [0.2, 0.25) is 0 Å². The van der Waals surface area contributed by atoms with Crippen molar-refractivity contribution < 1.29 is 17.9 Å². The molecule has 2 rings (SSSR count). The summed E-state index contributed by atoms with van der Waals surface area (Å²) in [5, 5.41) is 2.67. The molecule has 0 unspecified atom stereocenters. The van der Waals surface area contributed by atoms with Crippen molar-refractivity contribution in [3.8, 4) is 5.75 Å². The Morgan fingerprint density at radius 1 is 1.19 bits per heavy atom. The molecule has 1 amide bonds. The van der Waals surface area contributed by atoms with Crippen molar-refractivity contribution in [1.82, 2.24) is 9.29 Å². The lowest BCUT2D eigenvalue weighted by molar-refractivity contribution is 0.102. The van der Waals surface area contributed by atoms with E-state index in [4.69, 9.17) is 4.74 Å². The van der Waals surface area contributed by atoms with Crippen LogP contribution in [-0.4, -0.2) is 43.8 Å². The fourth-order valence-corrected chi connectivity index (χ4v) is 4.02. The largest absolute Gasteiger partial charge is 0.496 e. The molecule has 0 spiro atoms. The number of aromatic nitrogens is 1. The molecule has 0 atom stereocenters. The SMILES string of the molecule is CCN(CC)S(=O)(=O)c1ccc(OC)c(C(=O)Nc2cccc(C)n2)c1. The first kappa shape index (κ1) is 19.9. The maximum absolute atomic E-state index is 12.7. The van der Waals surface area contributed by atoms with Gasteiger partial charge in [0.1, 0.15) is 11.6 Å². The highest BCUT2D eigenvalue weighted by Crippen LogP contribution is 2.25. The summed E-state index contributed by atoms with van der Waals surface area (Å²) in [5.41, 5.74) is 0.886. The molecule has 1 heterocycles. The number of nitrogens with zero attached hydrogens (tertiary/aromatic N) is 2. The number of hydrogen-bond donors (Lipinski definition) is 1. The summed E-state index contributed by atoms with van der Waals surface area (Å²) < 4.78 is 32.0. The van der Waals surface area contributed by atoms with Crippen molar-refractivity contribution in [2.45, 2.75) is 25.7 Å². The summed E-state index contributed by atoms with van der Waals surface area (Å²) in [5.74, 6) is 0.180. The predicted octanol–water partition coefficient (Wildman–Crippen LogP) is 2.68. The van der Waals surface area contributed by atoms with Crippen LogP contribution in [0.1, 0.15) is 29.9 Å². The van der Waals surface area contributed by atoms with Crippen molar-refractivity contribution in [2.75, 3.05) is 25.5 Å². The Hall–Kier alpha value is -2.45. The molecule has 0 aliphatic carbocycles. The van der Waals surface area contributed by atoms with Crippen LogP contribution in [0.25, 0.3) is 0 Å². The smallest absolute Gasteiger partial charge is 0.260 e. The Morgan fingerprint density at radius 2 is 1.88 bits per heavy atom. The number of anilines is 1. The maximum atomic E-state index is 12.7. The zero-order valence-electron chi connectivity index (χ0n) is 15.3. The average molecular weight is 377 g/mol. The number of nitrogens with one attached hydrogen (secondary N) is 1. The van der Waals surface area contributed by atoms with Crippen molar-refractivity contribution in [3.05, 3.63) is 47.7 Å². The molecule has 1 N–H and O–H groups in total. The number of ether oxygens (including phenoxy) is 1. The Morgan fingerprint density at radius 3 is 2.46 bits per heavy atom. The third-order valence-corrected chi connectivity index (χ3v) is 5.93. The lowest BCUT2D eigenvalue weighted by Gasteiger charge is -2.19. The molecular formula is C18H23N3O4S. The molecule has 140 valence electrons. The van der Waals surface area contributed by atoms with Gasteiger partial charge in [0.15, 0.2) is 0 Å². The van der Waals surface area contributed by atoms with E-state index in [1.807, 2.05) is 13.0 Å². The van der Waals surface area contributed by atoms with Crippen LogP contribution in [0, 0.1) is 6.92 Å². The van der Waals surface area contributed by atoms with Crippen LogP contribution < -0.4 is 10.1 Å². The summed E-state index contributed by atoms with van der Waals surface area (Å²) >= 11 is 0. The molecule has 0 fully saturated rings. The van der Waals surface area contributed by atoms with Gasteiger partial charge < -0.3 is 10.1 Å². The van der Waals surface area contributed by atoms with Gasteiger partial charge >= 0.3 is 0 Å². The molecule has 1 aromatic carbocycles. The first-order valence-corrected chi connectivity index (χ1v) is 9.70. The third-order valence-electron chi connectivity index (χ3n) is 3.89. The van der Waals surface area contributed by atoms with Crippen LogP contribution in [0.3, 0.4) is 0 Å². The van der Waals surface area contributed by atoms with Crippen molar-refractivity contribution in [3.63, 3.8) is 0 Å². The molecule has 0 saturated carbocycles. The first-order valence-electron chi connectivity index (χ1n) is 8.26. The Labute approximate surface area is 154 Å². The summed E-state index contributed by atoms with van der Waals surface area (Å²) in [7, 11) is -2.25. The van der Waals surface area contributed by atoms with Gasteiger partial charge in [0.25, 0.3) is 5.91 Å². The number of carbonyl (C=O) groups excluding carboxylic acids is 1. The zero-order valence-corrected chi connectivity index (χ0v) is 16.1.